The largest absolute Gasteiger partial charge is 0.383 e. The lowest BCUT2D eigenvalue weighted by atomic mass is 9.97. The van der Waals surface area contributed by atoms with Crippen molar-refractivity contribution in [2.75, 3.05) is 5.73 Å². The SMILES string of the molecule is N#Cc1c(N)nc2ncc(Cl)cc2c1-c1ccccc1. The highest BCUT2D eigenvalue weighted by atomic mass is 35.5. The molecule has 5 heteroatoms. The molecule has 0 fully saturated rings. The Bertz CT molecular complexity index is 838. The van der Waals surface area contributed by atoms with Gasteiger partial charge in [0.25, 0.3) is 0 Å². The summed E-state index contributed by atoms with van der Waals surface area (Å²) in [6.07, 6.45) is 1.51. The summed E-state index contributed by atoms with van der Waals surface area (Å²) in [6.45, 7) is 0. The smallest absolute Gasteiger partial charge is 0.162 e. The molecule has 2 heterocycles. The van der Waals surface area contributed by atoms with Crippen LogP contribution in [0.15, 0.2) is 42.6 Å². The molecule has 0 bridgehead atoms. The van der Waals surface area contributed by atoms with Crippen molar-refractivity contribution >= 4 is 28.5 Å². The molecule has 0 saturated heterocycles. The first-order valence-corrected chi connectivity index (χ1v) is 6.28. The molecule has 0 spiro atoms. The maximum absolute atomic E-state index is 9.37. The molecule has 0 aliphatic heterocycles. The molecule has 0 aliphatic rings. The Hall–Kier alpha value is -2.64. The van der Waals surface area contributed by atoms with Crippen molar-refractivity contribution in [3.05, 3.63) is 53.2 Å². The Kier molecular flexibility index (Phi) is 2.97. The fourth-order valence-electron chi connectivity index (χ4n) is 2.16. The van der Waals surface area contributed by atoms with Gasteiger partial charge in [0.2, 0.25) is 0 Å². The molecule has 0 saturated carbocycles. The highest BCUT2D eigenvalue weighted by Gasteiger charge is 2.15. The number of benzene rings is 1. The Morgan fingerprint density at radius 1 is 1.20 bits per heavy atom. The summed E-state index contributed by atoms with van der Waals surface area (Å²) in [5.41, 5.74) is 8.28. The number of aromatic nitrogens is 2. The standard InChI is InChI=1S/C15H9ClN4/c16-10-6-11-13(9-4-2-1-3-5-9)12(7-17)14(18)20-15(11)19-8-10/h1-6,8H,(H2,18,19,20). The third kappa shape index (κ3) is 1.94. The van der Waals surface area contributed by atoms with E-state index in [-0.39, 0.29) is 5.82 Å². The molecule has 0 unspecified atom stereocenters. The summed E-state index contributed by atoms with van der Waals surface area (Å²) in [6, 6.07) is 13.4. The molecule has 0 radical (unpaired) electrons. The molecule has 0 amide bonds. The van der Waals surface area contributed by atoms with E-state index < -0.39 is 0 Å². The number of pyridine rings is 2. The maximum atomic E-state index is 9.37. The molecule has 96 valence electrons. The average molecular weight is 281 g/mol. The van der Waals surface area contributed by atoms with Gasteiger partial charge in [-0.05, 0) is 11.6 Å². The van der Waals surface area contributed by atoms with Gasteiger partial charge in [-0.2, -0.15) is 5.26 Å². The number of anilines is 1. The van der Waals surface area contributed by atoms with E-state index in [0.717, 1.165) is 10.9 Å². The molecule has 3 aromatic rings. The molecular formula is C15H9ClN4. The Morgan fingerprint density at radius 2 is 1.95 bits per heavy atom. The van der Waals surface area contributed by atoms with Gasteiger partial charge < -0.3 is 5.73 Å². The summed E-state index contributed by atoms with van der Waals surface area (Å²) in [7, 11) is 0. The zero-order chi connectivity index (χ0) is 14.1. The fourth-order valence-corrected chi connectivity index (χ4v) is 2.31. The van der Waals surface area contributed by atoms with Crippen molar-refractivity contribution in [3.8, 4) is 17.2 Å². The van der Waals surface area contributed by atoms with Crippen LogP contribution in [0.1, 0.15) is 5.56 Å². The van der Waals surface area contributed by atoms with Crippen LogP contribution in [0.3, 0.4) is 0 Å². The Morgan fingerprint density at radius 3 is 2.65 bits per heavy atom. The molecule has 1 aromatic carbocycles. The molecule has 0 aliphatic carbocycles. The van der Waals surface area contributed by atoms with Gasteiger partial charge in [-0.15, -0.1) is 0 Å². The summed E-state index contributed by atoms with van der Waals surface area (Å²) >= 11 is 6.01. The normalized spacial score (nSPS) is 10.4. The topological polar surface area (TPSA) is 75.6 Å². The second-order valence-corrected chi connectivity index (χ2v) is 4.69. The van der Waals surface area contributed by atoms with E-state index in [2.05, 4.69) is 16.0 Å². The minimum atomic E-state index is 0.175. The average Bonchev–Trinajstić information content (AvgIpc) is 2.47. The second kappa shape index (κ2) is 4.80. The highest BCUT2D eigenvalue weighted by Crippen LogP contribution is 2.33. The van der Waals surface area contributed by atoms with E-state index in [4.69, 9.17) is 17.3 Å². The number of hydrogen-bond donors (Lipinski definition) is 1. The van der Waals surface area contributed by atoms with Crippen LogP contribution in [-0.4, -0.2) is 9.97 Å². The number of halogens is 1. The van der Waals surface area contributed by atoms with Crippen LogP contribution in [0.25, 0.3) is 22.2 Å². The number of fused-ring (bicyclic) bond motifs is 1. The molecule has 2 aromatic heterocycles. The number of nitrogens with two attached hydrogens (primary N) is 1. The van der Waals surface area contributed by atoms with E-state index in [1.165, 1.54) is 6.20 Å². The molecule has 4 nitrogen and oxygen atoms in total. The molecule has 2 N–H and O–H groups in total. The van der Waals surface area contributed by atoms with Crippen molar-refractivity contribution in [1.82, 2.24) is 9.97 Å². The third-order valence-corrected chi connectivity index (χ3v) is 3.22. The van der Waals surface area contributed by atoms with Crippen LogP contribution < -0.4 is 5.73 Å². The Labute approximate surface area is 120 Å². The number of rotatable bonds is 1. The van der Waals surface area contributed by atoms with E-state index >= 15 is 0 Å². The van der Waals surface area contributed by atoms with Crippen molar-refractivity contribution in [3.63, 3.8) is 0 Å². The molecule has 0 atom stereocenters. The van der Waals surface area contributed by atoms with E-state index in [0.29, 0.717) is 21.8 Å². The zero-order valence-electron chi connectivity index (χ0n) is 10.3. The molecule has 3 rings (SSSR count). The maximum Gasteiger partial charge on any atom is 0.162 e. The van der Waals surface area contributed by atoms with Gasteiger partial charge in [0, 0.05) is 17.1 Å². The van der Waals surface area contributed by atoms with Crippen LogP contribution in [-0.2, 0) is 0 Å². The fraction of sp³-hybridized carbons (Fsp3) is 0. The third-order valence-electron chi connectivity index (χ3n) is 3.01. The summed E-state index contributed by atoms with van der Waals surface area (Å²) in [5, 5.41) is 10.6. The highest BCUT2D eigenvalue weighted by molar-refractivity contribution is 6.31. The number of nitrogen functional groups attached to an aromatic ring is 1. The van der Waals surface area contributed by atoms with Gasteiger partial charge in [-0.1, -0.05) is 41.9 Å². The van der Waals surface area contributed by atoms with Crippen LogP contribution in [0.2, 0.25) is 5.02 Å². The summed E-state index contributed by atoms with van der Waals surface area (Å²) in [4.78, 5) is 8.33. The lowest BCUT2D eigenvalue weighted by Gasteiger charge is -2.10. The van der Waals surface area contributed by atoms with Gasteiger partial charge in [-0.3, -0.25) is 0 Å². The van der Waals surface area contributed by atoms with Gasteiger partial charge in [0.15, 0.2) is 5.65 Å². The predicted molar refractivity (Wildman–Crippen MR) is 79.1 cm³/mol. The van der Waals surface area contributed by atoms with Crippen LogP contribution in [0.5, 0.6) is 0 Å². The molecular weight excluding hydrogens is 272 g/mol. The minimum Gasteiger partial charge on any atom is -0.383 e. The van der Waals surface area contributed by atoms with E-state index in [9.17, 15) is 5.26 Å². The van der Waals surface area contributed by atoms with E-state index in [1.807, 2.05) is 30.3 Å². The minimum absolute atomic E-state index is 0.175. The van der Waals surface area contributed by atoms with E-state index in [1.54, 1.807) is 6.07 Å². The van der Waals surface area contributed by atoms with Crippen molar-refractivity contribution in [2.45, 2.75) is 0 Å². The molecule has 20 heavy (non-hydrogen) atoms. The van der Waals surface area contributed by atoms with Crippen molar-refractivity contribution < 1.29 is 0 Å². The van der Waals surface area contributed by atoms with Gasteiger partial charge in [0.05, 0.1) is 5.02 Å². The first-order chi connectivity index (χ1) is 9.70. The zero-order valence-corrected chi connectivity index (χ0v) is 11.1. The monoisotopic (exact) mass is 280 g/mol. The van der Waals surface area contributed by atoms with Gasteiger partial charge >= 0.3 is 0 Å². The van der Waals surface area contributed by atoms with Crippen molar-refractivity contribution in [1.29, 1.82) is 5.26 Å². The summed E-state index contributed by atoms with van der Waals surface area (Å²) in [5.74, 6) is 0.175. The summed E-state index contributed by atoms with van der Waals surface area (Å²) < 4.78 is 0. The quantitative estimate of drug-likeness (QED) is 0.741. The van der Waals surface area contributed by atoms with Crippen LogP contribution >= 0.6 is 11.6 Å². The van der Waals surface area contributed by atoms with Crippen LogP contribution in [0.4, 0.5) is 5.82 Å². The predicted octanol–water partition coefficient (Wildman–Crippen LogP) is 3.40. The Balaban J connectivity index is 2.49. The lowest BCUT2D eigenvalue weighted by Crippen LogP contribution is -2.00. The number of hydrogen-bond acceptors (Lipinski definition) is 4. The lowest BCUT2D eigenvalue weighted by molar-refractivity contribution is 1.28. The second-order valence-electron chi connectivity index (χ2n) is 4.25. The van der Waals surface area contributed by atoms with Crippen LogP contribution in [0, 0.1) is 11.3 Å². The van der Waals surface area contributed by atoms with Gasteiger partial charge in [0.1, 0.15) is 17.5 Å². The first kappa shape index (κ1) is 12.4. The first-order valence-electron chi connectivity index (χ1n) is 5.91. The van der Waals surface area contributed by atoms with Crippen molar-refractivity contribution in [2.24, 2.45) is 0 Å². The number of nitrogens with zero attached hydrogens (tertiary/aromatic N) is 3. The van der Waals surface area contributed by atoms with Gasteiger partial charge in [-0.25, -0.2) is 9.97 Å². The number of nitriles is 1.